The van der Waals surface area contributed by atoms with Crippen LogP contribution < -0.4 is 5.73 Å². The van der Waals surface area contributed by atoms with Crippen LogP contribution in [0.25, 0.3) is 0 Å². The molecule has 3 nitrogen and oxygen atoms in total. The minimum Gasteiger partial charge on any atom is -0.469 e. The van der Waals surface area contributed by atoms with Gasteiger partial charge in [0.25, 0.3) is 0 Å². The maximum Gasteiger partial charge on any atom is 0.307 e. The number of nitrogens with two attached hydrogens (primary N) is 1. The van der Waals surface area contributed by atoms with E-state index in [-0.39, 0.29) is 18.4 Å². The molecule has 14 heavy (non-hydrogen) atoms. The monoisotopic (exact) mass is 305 g/mol. The molecule has 1 atom stereocenters. The Morgan fingerprint density at radius 1 is 1.57 bits per heavy atom. The van der Waals surface area contributed by atoms with E-state index in [0.29, 0.717) is 0 Å². The Labute approximate surface area is 96.8 Å². The summed E-state index contributed by atoms with van der Waals surface area (Å²) < 4.78 is 5.63. The second-order valence-electron chi connectivity index (χ2n) is 2.91. The zero-order chi connectivity index (χ0) is 10.6. The fourth-order valence-electron chi connectivity index (χ4n) is 1.15. The van der Waals surface area contributed by atoms with Crippen LogP contribution in [-0.4, -0.2) is 13.1 Å². The molecule has 0 aromatic heterocycles. The Morgan fingerprint density at radius 2 is 2.21 bits per heavy atom. The smallest absolute Gasteiger partial charge is 0.307 e. The number of esters is 1. The average Bonchev–Trinajstić information content (AvgIpc) is 2.18. The minimum absolute atomic E-state index is 0.219. The summed E-state index contributed by atoms with van der Waals surface area (Å²) in [6.45, 7) is 0. The van der Waals surface area contributed by atoms with Gasteiger partial charge in [0.15, 0.2) is 0 Å². The van der Waals surface area contributed by atoms with Crippen molar-refractivity contribution in [3.8, 4) is 0 Å². The van der Waals surface area contributed by atoms with Crippen molar-refractivity contribution in [3.05, 3.63) is 33.4 Å². The van der Waals surface area contributed by atoms with E-state index in [4.69, 9.17) is 5.73 Å². The summed E-state index contributed by atoms with van der Waals surface area (Å²) >= 11 is 2.20. The molecule has 0 saturated carbocycles. The molecule has 0 saturated heterocycles. The number of rotatable bonds is 3. The van der Waals surface area contributed by atoms with Crippen LogP contribution in [0, 0.1) is 3.57 Å². The van der Waals surface area contributed by atoms with Gasteiger partial charge in [0.2, 0.25) is 0 Å². The van der Waals surface area contributed by atoms with Crippen LogP contribution in [-0.2, 0) is 9.53 Å². The normalized spacial score (nSPS) is 12.2. The van der Waals surface area contributed by atoms with Crippen molar-refractivity contribution in [3.63, 3.8) is 0 Å². The van der Waals surface area contributed by atoms with Crippen molar-refractivity contribution in [2.24, 2.45) is 5.73 Å². The van der Waals surface area contributed by atoms with Crippen LogP contribution in [0.15, 0.2) is 24.3 Å². The van der Waals surface area contributed by atoms with E-state index in [1.54, 1.807) is 0 Å². The molecule has 0 amide bonds. The van der Waals surface area contributed by atoms with E-state index < -0.39 is 0 Å². The maximum atomic E-state index is 11.0. The molecule has 0 radical (unpaired) electrons. The van der Waals surface area contributed by atoms with E-state index in [2.05, 4.69) is 27.3 Å². The van der Waals surface area contributed by atoms with Crippen molar-refractivity contribution in [2.45, 2.75) is 12.5 Å². The molecule has 1 rings (SSSR count). The number of hydrogen-bond donors (Lipinski definition) is 1. The van der Waals surface area contributed by atoms with E-state index >= 15 is 0 Å². The number of methoxy groups -OCH3 is 1. The number of carbonyl (C=O) groups excluding carboxylic acids is 1. The lowest BCUT2D eigenvalue weighted by Gasteiger charge is -2.11. The van der Waals surface area contributed by atoms with Gasteiger partial charge in [-0.1, -0.05) is 18.2 Å². The van der Waals surface area contributed by atoms with Gasteiger partial charge >= 0.3 is 5.97 Å². The SMILES string of the molecule is COC(=O)C[C@@H](N)c1ccccc1I. The lowest BCUT2D eigenvalue weighted by Crippen LogP contribution is -2.17. The van der Waals surface area contributed by atoms with E-state index in [0.717, 1.165) is 9.13 Å². The molecule has 0 fully saturated rings. The number of hydrogen-bond acceptors (Lipinski definition) is 3. The van der Waals surface area contributed by atoms with Gasteiger partial charge in [-0.3, -0.25) is 4.79 Å². The van der Waals surface area contributed by atoms with Crippen LogP contribution in [0.5, 0.6) is 0 Å². The van der Waals surface area contributed by atoms with Gasteiger partial charge in [-0.2, -0.15) is 0 Å². The topological polar surface area (TPSA) is 52.3 Å². The average molecular weight is 305 g/mol. The number of halogens is 1. The highest BCUT2D eigenvalue weighted by Gasteiger charge is 2.13. The van der Waals surface area contributed by atoms with Gasteiger partial charge in [-0.05, 0) is 34.2 Å². The number of ether oxygens (including phenoxy) is 1. The predicted octanol–water partition coefficient (Wildman–Crippen LogP) is 1.85. The highest BCUT2D eigenvalue weighted by Crippen LogP contribution is 2.20. The van der Waals surface area contributed by atoms with Crippen molar-refractivity contribution in [1.29, 1.82) is 0 Å². The molecule has 4 heteroatoms. The molecule has 0 heterocycles. The van der Waals surface area contributed by atoms with Crippen LogP contribution in [0.4, 0.5) is 0 Å². The van der Waals surface area contributed by atoms with Crippen molar-refractivity contribution in [1.82, 2.24) is 0 Å². The van der Waals surface area contributed by atoms with Gasteiger partial charge in [-0.25, -0.2) is 0 Å². The molecule has 2 N–H and O–H groups in total. The first-order valence-electron chi connectivity index (χ1n) is 4.22. The molecule has 0 aliphatic rings. The minimum atomic E-state index is -0.282. The zero-order valence-electron chi connectivity index (χ0n) is 7.87. The summed E-state index contributed by atoms with van der Waals surface area (Å²) in [6.07, 6.45) is 0.219. The van der Waals surface area contributed by atoms with Gasteiger partial charge in [0, 0.05) is 9.61 Å². The largest absolute Gasteiger partial charge is 0.469 e. The molecule has 76 valence electrons. The third-order valence-corrected chi connectivity index (χ3v) is 2.90. The Bertz CT molecular complexity index is 328. The first kappa shape index (κ1) is 11.5. The molecule has 0 aliphatic carbocycles. The number of benzene rings is 1. The summed E-state index contributed by atoms with van der Waals surface area (Å²) in [7, 11) is 1.37. The summed E-state index contributed by atoms with van der Waals surface area (Å²) in [5.41, 5.74) is 6.85. The molecule has 1 aromatic rings. The van der Waals surface area contributed by atoms with Crippen LogP contribution >= 0.6 is 22.6 Å². The Kier molecular flexibility index (Phi) is 4.34. The number of carbonyl (C=O) groups is 1. The third-order valence-electron chi connectivity index (χ3n) is 1.92. The summed E-state index contributed by atoms with van der Waals surface area (Å²) in [6, 6.07) is 7.46. The fourth-order valence-corrected chi connectivity index (χ4v) is 1.94. The quantitative estimate of drug-likeness (QED) is 0.685. The molecule has 0 bridgehead atoms. The zero-order valence-corrected chi connectivity index (χ0v) is 10.0. The molecule has 0 aliphatic heterocycles. The van der Waals surface area contributed by atoms with Gasteiger partial charge in [-0.15, -0.1) is 0 Å². The van der Waals surface area contributed by atoms with Crippen LogP contribution in [0.1, 0.15) is 18.0 Å². The summed E-state index contributed by atoms with van der Waals surface area (Å²) in [4.78, 5) is 11.0. The van der Waals surface area contributed by atoms with E-state index in [9.17, 15) is 4.79 Å². The highest BCUT2D eigenvalue weighted by atomic mass is 127. The lowest BCUT2D eigenvalue weighted by atomic mass is 10.1. The fraction of sp³-hybridized carbons (Fsp3) is 0.300. The third kappa shape index (κ3) is 2.95. The predicted molar refractivity (Wildman–Crippen MR) is 62.7 cm³/mol. The highest BCUT2D eigenvalue weighted by molar-refractivity contribution is 14.1. The second kappa shape index (κ2) is 5.31. The second-order valence-corrected chi connectivity index (χ2v) is 4.07. The molecular formula is C10H12INO2. The first-order valence-corrected chi connectivity index (χ1v) is 5.30. The maximum absolute atomic E-state index is 11.0. The molecule has 0 spiro atoms. The summed E-state index contributed by atoms with van der Waals surface area (Å²) in [5, 5.41) is 0. The molecule has 0 unspecified atom stereocenters. The van der Waals surface area contributed by atoms with Gasteiger partial charge in [0.1, 0.15) is 0 Å². The standard InChI is InChI=1S/C10H12INO2/c1-14-10(13)6-9(12)7-4-2-3-5-8(7)11/h2-5,9H,6,12H2,1H3/t9-/m1/s1. The van der Waals surface area contributed by atoms with Gasteiger partial charge in [0.05, 0.1) is 13.5 Å². The van der Waals surface area contributed by atoms with Gasteiger partial charge < -0.3 is 10.5 Å². The Morgan fingerprint density at radius 3 is 2.79 bits per heavy atom. The molecular weight excluding hydrogens is 293 g/mol. The van der Waals surface area contributed by atoms with Crippen LogP contribution in [0.2, 0.25) is 0 Å². The summed E-state index contributed by atoms with van der Waals surface area (Å²) in [5.74, 6) is -0.280. The Balaban J connectivity index is 2.74. The van der Waals surface area contributed by atoms with Crippen molar-refractivity contribution < 1.29 is 9.53 Å². The molecule has 1 aromatic carbocycles. The Hall–Kier alpha value is -0.620. The van der Waals surface area contributed by atoms with E-state index in [1.165, 1.54) is 7.11 Å². The van der Waals surface area contributed by atoms with Crippen molar-refractivity contribution in [2.75, 3.05) is 7.11 Å². The first-order chi connectivity index (χ1) is 6.65. The van der Waals surface area contributed by atoms with E-state index in [1.807, 2.05) is 24.3 Å². The lowest BCUT2D eigenvalue weighted by molar-refractivity contribution is -0.141. The van der Waals surface area contributed by atoms with Crippen molar-refractivity contribution >= 4 is 28.6 Å². The van der Waals surface area contributed by atoms with Crippen LogP contribution in [0.3, 0.4) is 0 Å².